The maximum Gasteiger partial charge on any atom is 0.419 e. The number of rotatable bonds is 2. The predicted octanol–water partition coefficient (Wildman–Crippen LogP) is 1.26. The van der Waals surface area contributed by atoms with E-state index in [1.54, 1.807) is 9.80 Å². The largest absolute Gasteiger partial charge is 0.419 e. The molecule has 11 heteroatoms. The number of halogens is 4. The van der Waals surface area contributed by atoms with Crippen molar-refractivity contribution in [3.05, 3.63) is 22.8 Å². The van der Waals surface area contributed by atoms with Crippen molar-refractivity contribution < 1.29 is 31.4 Å². The maximum atomic E-state index is 12.7. The average Bonchev–Trinajstić information content (AvgIpc) is 2.93. The highest BCUT2D eigenvalue weighted by Gasteiger charge is 2.38. The van der Waals surface area contributed by atoms with Gasteiger partial charge in [-0.25, -0.2) is 13.4 Å². The summed E-state index contributed by atoms with van der Waals surface area (Å²) in [5.74, 6) is -0.361. The van der Waals surface area contributed by atoms with Gasteiger partial charge in [0.05, 0.1) is 36.1 Å². The van der Waals surface area contributed by atoms with Crippen molar-refractivity contribution in [3.8, 4) is 0 Å². The molecule has 1 N–H and O–H groups in total. The van der Waals surface area contributed by atoms with E-state index in [-0.39, 0.29) is 22.4 Å². The smallest absolute Gasteiger partial charge is 0.335 e. The van der Waals surface area contributed by atoms with E-state index in [1.807, 2.05) is 0 Å². The molecule has 0 aromatic carbocycles. The van der Waals surface area contributed by atoms with E-state index in [0.29, 0.717) is 38.4 Å². The third kappa shape index (κ3) is 4.06. The molecule has 0 spiro atoms. The first-order valence-corrected chi connectivity index (χ1v) is 10.3. The van der Waals surface area contributed by atoms with Crippen LogP contribution in [0.25, 0.3) is 0 Å². The molecule has 2 fully saturated rings. The summed E-state index contributed by atoms with van der Waals surface area (Å²) >= 11 is 5.98. The molecule has 2 saturated heterocycles. The van der Waals surface area contributed by atoms with Crippen LogP contribution in [-0.2, 0) is 20.8 Å². The zero-order valence-corrected chi connectivity index (χ0v) is 15.3. The minimum Gasteiger partial charge on any atom is -0.335 e. The summed E-state index contributed by atoms with van der Waals surface area (Å²) in [6, 6.07) is 0.869. The fraction of sp³-hybridized carbons (Fsp3) is 0.600. The van der Waals surface area contributed by atoms with E-state index in [2.05, 4.69) is 4.98 Å². The molecule has 0 bridgehead atoms. The highest BCUT2D eigenvalue weighted by molar-refractivity contribution is 7.91. The van der Waals surface area contributed by atoms with Crippen molar-refractivity contribution in [1.29, 1.82) is 0 Å². The molecule has 0 saturated carbocycles. The number of aromatic nitrogens is 1. The summed E-state index contributed by atoms with van der Waals surface area (Å²) in [4.78, 5) is 18.4. The van der Waals surface area contributed by atoms with Crippen LogP contribution in [0.4, 0.5) is 19.0 Å². The Morgan fingerprint density at radius 3 is 2.38 bits per heavy atom. The quantitative estimate of drug-likeness (QED) is 0.733. The van der Waals surface area contributed by atoms with Gasteiger partial charge in [0.1, 0.15) is 24.3 Å². The number of anilines is 1. The van der Waals surface area contributed by atoms with Crippen molar-refractivity contribution in [2.24, 2.45) is 5.92 Å². The number of aromatic amines is 1. The lowest BCUT2D eigenvalue weighted by Gasteiger charge is -2.32. The average molecular weight is 413 g/mol. The van der Waals surface area contributed by atoms with Crippen molar-refractivity contribution in [1.82, 2.24) is 4.90 Å². The van der Waals surface area contributed by atoms with Gasteiger partial charge in [-0.2, -0.15) is 13.2 Å². The number of nitrogens with zero attached hydrogens (tertiary/aromatic N) is 2. The Labute approximate surface area is 153 Å². The summed E-state index contributed by atoms with van der Waals surface area (Å²) in [7, 11) is -3.13. The van der Waals surface area contributed by atoms with Gasteiger partial charge in [0, 0.05) is 0 Å². The Morgan fingerprint density at radius 2 is 1.88 bits per heavy atom. The Balaban J connectivity index is 1.63. The van der Waals surface area contributed by atoms with Gasteiger partial charge in [-0.15, -0.1) is 0 Å². The zero-order chi connectivity index (χ0) is 19.1. The van der Waals surface area contributed by atoms with Crippen LogP contribution < -0.4 is 9.88 Å². The van der Waals surface area contributed by atoms with Crippen LogP contribution in [0.3, 0.4) is 0 Å². The molecule has 3 heterocycles. The normalized spacial score (nSPS) is 23.3. The second-order valence-electron chi connectivity index (χ2n) is 6.49. The molecule has 6 nitrogen and oxygen atoms in total. The summed E-state index contributed by atoms with van der Waals surface area (Å²) < 4.78 is 61.2. The number of piperazine rings is 1. The van der Waals surface area contributed by atoms with Gasteiger partial charge in [0.2, 0.25) is 5.91 Å². The van der Waals surface area contributed by atoms with Gasteiger partial charge in [-0.05, 0) is 12.5 Å². The molecule has 3 rings (SSSR count). The Hall–Kier alpha value is -1.55. The van der Waals surface area contributed by atoms with E-state index >= 15 is 0 Å². The number of carbonyl (C=O) groups is 1. The van der Waals surface area contributed by atoms with Crippen molar-refractivity contribution >= 4 is 33.2 Å². The lowest BCUT2D eigenvalue weighted by atomic mass is 10.1. The first-order valence-electron chi connectivity index (χ1n) is 8.09. The lowest BCUT2D eigenvalue weighted by molar-refractivity contribution is -0.367. The molecule has 1 aromatic rings. The van der Waals surface area contributed by atoms with Gasteiger partial charge in [0.15, 0.2) is 9.84 Å². The van der Waals surface area contributed by atoms with Crippen molar-refractivity contribution in [2.45, 2.75) is 12.6 Å². The standard InChI is InChI=1S/C15H17ClF3N3O3S/c16-12-7-11(15(17,18)19)8-20-13(12)21-2-4-22(5-3-21)14(23)10-1-6-26(24,25)9-10/h7-8,10H,1-6,9H2/p+1/t10-/m0/s1. The van der Waals surface area contributed by atoms with Crippen molar-refractivity contribution in [3.63, 3.8) is 0 Å². The van der Waals surface area contributed by atoms with Crippen LogP contribution in [-0.4, -0.2) is 56.9 Å². The van der Waals surface area contributed by atoms with Crippen LogP contribution >= 0.6 is 11.6 Å². The van der Waals surface area contributed by atoms with Gasteiger partial charge >= 0.3 is 6.18 Å². The van der Waals surface area contributed by atoms with E-state index in [0.717, 1.165) is 12.3 Å². The number of hydrogen-bond acceptors (Lipinski definition) is 4. The summed E-state index contributed by atoms with van der Waals surface area (Å²) in [6.07, 6.45) is -3.27. The van der Waals surface area contributed by atoms with Crippen LogP contribution in [0.1, 0.15) is 12.0 Å². The molecule has 144 valence electrons. The van der Waals surface area contributed by atoms with Gasteiger partial charge in [-0.1, -0.05) is 11.6 Å². The fourth-order valence-corrected chi connectivity index (χ4v) is 5.29. The van der Waals surface area contributed by atoms with E-state index in [1.165, 1.54) is 0 Å². The molecular formula is C15H18ClF3N3O3S+. The topological polar surface area (TPSA) is 71.8 Å². The highest BCUT2D eigenvalue weighted by atomic mass is 35.5. The molecular weight excluding hydrogens is 395 g/mol. The minimum absolute atomic E-state index is 0.0403. The third-order valence-electron chi connectivity index (χ3n) is 4.69. The van der Waals surface area contributed by atoms with Crippen LogP contribution in [0, 0.1) is 5.92 Å². The summed E-state index contributed by atoms with van der Waals surface area (Å²) in [5, 5.41) is -0.0403. The first-order chi connectivity index (χ1) is 12.1. The monoisotopic (exact) mass is 412 g/mol. The number of sulfone groups is 1. The summed E-state index contributed by atoms with van der Waals surface area (Å²) in [5.41, 5.74) is -0.859. The first kappa shape index (κ1) is 19.2. The number of amides is 1. The minimum atomic E-state index is -4.48. The highest BCUT2D eigenvalue weighted by Crippen LogP contribution is 2.32. The Kier molecular flexibility index (Phi) is 5.08. The molecule has 2 aliphatic rings. The fourth-order valence-electron chi connectivity index (χ4n) is 3.27. The second kappa shape index (κ2) is 6.88. The van der Waals surface area contributed by atoms with E-state index < -0.39 is 27.5 Å². The zero-order valence-electron chi connectivity index (χ0n) is 13.7. The predicted molar refractivity (Wildman–Crippen MR) is 88.6 cm³/mol. The van der Waals surface area contributed by atoms with Crippen LogP contribution in [0.5, 0.6) is 0 Å². The second-order valence-corrected chi connectivity index (χ2v) is 9.13. The lowest BCUT2D eigenvalue weighted by Crippen LogP contribution is -2.51. The molecule has 0 unspecified atom stereocenters. The molecule has 1 aromatic heterocycles. The number of hydrogen-bond donors (Lipinski definition) is 0. The number of pyridine rings is 1. The van der Waals surface area contributed by atoms with Gasteiger partial charge in [-0.3, -0.25) is 9.69 Å². The number of H-pyrrole nitrogens is 1. The molecule has 2 aliphatic heterocycles. The Bertz CT molecular complexity index is 808. The Morgan fingerprint density at radius 1 is 1.23 bits per heavy atom. The molecule has 0 radical (unpaired) electrons. The number of nitrogens with one attached hydrogen (secondary N) is 1. The van der Waals surface area contributed by atoms with Crippen molar-refractivity contribution in [2.75, 3.05) is 42.6 Å². The molecule has 0 aliphatic carbocycles. The van der Waals surface area contributed by atoms with E-state index in [9.17, 15) is 26.4 Å². The maximum absolute atomic E-state index is 12.7. The van der Waals surface area contributed by atoms with Gasteiger partial charge in [0.25, 0.3) is 5.82 Å². The SMILES string of the molecule is O=C([C@H]1CCS(=O)(=O)C1)N1CCN(c2[nH+]cc(C(F)(F)F)cc2Cl)CC1. The molecule has 1 atom stereocenters. The van der Waals surface area contributed by atoms with Crippen LogP contribution in [0.15, 0.2) is 12.3 Å². The number of carbonyl (C=O) groups excluding carboxylic acids is 1. The van der Waals surface area contributed by atoms with Gasteiger partial charge < -0.3 is 4.90 Å². The van der Waals surface area contributed by atoms with Crippen LogP contribution in [0.2, 0.25) is 5.02 Å². The summed E-state index contributed by atoms with van der Waals surface area (Å²) in [6.45, 7) is 1.51. The molecule has 26 heavy (non-hydrogen) atoms. The third-order valence-corrected chi connectivity index (χ3v) is 6.75. The van der Waals surface area contributed by atoms with E-state index in [4.69, 9.17) is 11.6 Å². The molecule has 1 amide bonds. The number of alkyl halides is 3.